The molecular weight excluding hydrogens is 302 g/mol. The predicted molar refractivity (Wildman–Crippen MR) is 111 cm³/mol. The minimum Gasteiger partial charge on any atom is -0.289 e. The monoisotopic (exact) mass is 333 g/mol. The summed E-state index contributed by atoms with van der Waals surface area (Å²) in [5.74, 6) is 0.414. The van der Waals surface area contributed by atoms with Crippen LogP contribution in [-0.2, 0) is 0 Å². The van der Waals surface area contributed by atoms with E-state index in [9.17, 15) is 0 Å². The lowest BCUT2D eigenvalue weighted by Gasteiger charge is -2.22. The Balaban J connectivity index is 2.26. The lowest BCUT2D eigenvalue weighted by molar-refractivity contribution is 0.741. The van der Waals surface area contributed by atoms with Crippen molar-refractivity contribution in [1.82, 2.24) is 0 Å². The first-order valence-corrected chi connectivity index (χ1v) is 9.23. The average Bonchev–Trinajstić information content (AvgIpc) is 2.63. The van der Waals surface area contributed by atoms with Crippen LogP contribution in [0.5, 0.6) is 0 Å². The SMILES string of the molecule is C=C(C)C/C=N\C1CC(C)=C(C2=C=CCCC(=C)C(C)/C=C\2)C=C1C. The summed E-state index contributed by atoms with van der Waals surface area (Å²) in [6, 6.07) is 0.256. The summed E-state index contributed by atoms with van der Waals surface area (Å²) in [4.78, 5) is 4.75. The molecule has 0 spiro atoms. The molecule has 2 unspecified atom stereocenters. The van der Waals surface area contributed by atoms with Gasteiger partial charge in [-0.2, -0.15) is 0 Å². The maximum atomic E-state index is 4.75. The quantitative estimate of drug-likeness (QED) is 0.309. The molecule has 2 rings (SSSR count). The largest absolute Gasteiger partial charge is 0.289 e. The van der Waals surface area contributed by atoms with Crippen molar-refractivity contribution in [1.29, 1.82) is 0 Å². The number of hydrogen-bond acceptors (Lipinski definition) is 1. The second-order valence-electron chi connectivity index (χ2n) is 7.40. The predicted octanol–water partition coefficient (Wildman–Crippen LogP) is 6.68. The van der Waals surface area contributed by atoms with Gasteiger partial charge in [0.15, 0.2) is 0 Å². The maximum absolute atomic E-state index is 4.75. The number of hydrogen-bond donors (Lipinski definition) is 0. The molecule has 0 aromatic heterocycles. The molecule has 0 aromatic carbocycles. The van der Waals surface area contributed by atoms with Crippen molar-refractivity contribution in [2.45, 2.75) is 59.4 Å². The van der Waals surface area contributed by atoms with E-state index in [-0.39, 0.29) is 6.04 Å². The standard InChI is InChI=1S/C24H31N/c1-17(2)13-14-25-24-16-20(5)23(15-21(24)6)22-10-8-7-9-18(3)19(4)11-12-22/h8,11-12,14-15,19,24H,1,3,7,9,13,16H2,2,4-6H3/b12-11-,25-14-. The van der Waals surface area contributed by atoms with Crippen LogP contribution in [0.25, 0.3) is 0 Å². The molecule has 0 radical (unpaired) electrons. The van der Waals surface area contributed by atoms with Gasteiger partial charge >= 0.3 is 0 Å². The van der Waals surface area contributed by atoms with Gasteiger partial charge in [-0.15, -0.1) is 5.73 Å². The fourth-order valence-corrected chi connectivity index (χ4v) is 3.08. The summed E-state index contributed by atoms with van der Waals surface area (Å²) < 4.78 is 0. The molecular formula is C24H31N. The van der Waals surface area contributed by atoms with Gasteiger partial charge in [0, 0.05) is 18.2 Å². The molecule has 2 aliphatic carbocycles. The number of rotatable bonds is 4. The summed E-state index contributed by atoms with van der Waals surface area (Å²) in [6.07, 6.45) is 14.8. The van der Waals surface area contributed by atoms with Gasteiger partial charge in [0.25, 0.3) is 0 Å². The van der Waals surface area contributed by atoms with Crippen LogP contribution in [0.1, 0.15) is 53.4 Å². The molecule has 0 saturated heterocycles. The molecule has 0 fully saturated rings. The molecule has 2 aliphatic rings. The van der Waals surface area contributed by atoms with Gasteiger partial charge in [-0.1, -0.05) is 49.0 Å². The van der Waals surface area contributed by atoms with Crippen molar-refractivity contribution < 1.29 is 0 Å². The van der Waals surface area contributed by atoms with E-state index in [4.69, 9.17) is 4.99 Å². The molecule has 0 amide bonds. The lowest BCUT2D eigenvalue weighted by atomic mass is 9.86. The number of allylic oxidation sites excluding steroid dienone is 7. The highest BCUT2D eigenvalue weighted by Crippen LogP contribution is 2.31. The van der Waals surface area contributed by atoms with Gasteiger partial charge in [0.1, 0.15) is 0 Å². The number of aliphatic imine (C=N–C) groups is 1. The molecule has 0 aromatic rings. The van der Waals surface area contributed by atoms with Crippen LogP contribution in [0.3, 0.4) is 0 Å². The summed E-state index contributed by atoms with van der Waals surface area (Å²) in [5, 5.41) is 0. The highest BCUT2D eigenvalue weighted by molar-refractivity contribution is 5.62. The molecule has 0 bridgehead atoms. The Hall–Kier alpha value is -2.11. The van der Waals surface area contributed by atoms with Crippen LogP contribution in [-0.4, -0.2) is 12.3 Å². The topological polar surface area (TPSA) is 12.4 Å². The van der Waals surface area contributed by atoms with Gasteiger partial charge in [-0.3, -0.25) is 4.99 Å². The average molecular weight is 334 g/mol. The zero-order chi connectivity index (χ0) is 18.4. The zero-order valence-corrected chi connectivity index (χ0v) is 16.2. The van der Waals surface area contributed by atoms with Gasteiger partial charge in [0.05, 0.1) is 6.04 Å². The van der Waals surface area contributed by atoms with Gasteiger partial charge in [0.2, 0.25) is 0 Å². The molecule has 1 heteroatoms. The second kappa shape index (κ2) is 8.83. The summed E-state index contributed by atoms with van der Waals surface area (Å²) in [7, 11) is 0. The van der Waals surface area contributed by atoms with E-state index in [1.54, 1.807) is 0 Å². The summed E-state index contributed by atoms with van der Waals surface area (Å²) in [6.45, 7) is 16.8. The summed E-state index contributed by atoms with van der Waals surface area (Å²) >= 11 is 0. The molecule has 0 N–H and O–H groups in total. The normalized spacial score (nSPS) is 26.0. The molecule has 0 aliphatic heterocycles. The third kappa shape index (κ3) is 5.44. The molecule has 0 heterocycles. The fraction of sp³-hybridized carbons (Fsp3) is 0.417. The van der Waals surface area contributed by atoms with E-state index in [2.05, 4.69) is 64.0 Å². The third-order valence-corrected chi connectivity index (χ3v) is 4.94. The van der Waals surface area contributed by atoms with Crippen LogP contribution in [0.15, 0.2) is 81.6 Å². The van der Waals surface area contributed by atoms with Crippen molar-refractivity contribution in [3.05, 3.63) is 76.6 Å². The first-order valence-electron chi connectivity index (χ1n) is 9.23. The molecule has 25 heavy (non-hydrogen) atoms. The third-order valence-electron chi connectivity index (χ3n) is 4.94. The van der Waals surface area contributed by atoms with Gasteiger partial charge in [-0.05, 0) is 69.2 Å². The highest BCUT2D eigenvalue weighted by atomic mass is 14.8. The van der Waals surface area contributed by atoms with Gasteiger partial charge in [-0.25, -0.2) is 0 Å². The zero-order valence-electron chi connectivity index (χ0n) is 16.2. The molecule has 0 saturated carbocycles. The first kappa shape index (κ1) is 19.2. The Bertz CT molecular complexity index is 730. The van der Waals surface area contributed by atoms with Crippen LogP contribution >= 0.6 is 0 Å². The van der Waals surface area contributed by atoms with Crippen molar-refractivity contribution in [2.75, 3.05) is 0 Å². The van der Waals surface area contributed by atoms with Crippen molar-refractivity contribution in [3.8, 4) is 0 Å². The molecule has 132 valence electrons. The number of nitrogens with zero attached hydrogens (tertiary/aromatic N) is 1. The maximum Gasteiger partial charge on any atom is 0.0743 e. The Morgan fingerprint density at radius 2 is 2.16 bits per heavy atom. The minimum absolute atomic E-state index is 0.256. The van der Waals surface area contributed by atoms with Crippen LogP contribution in [0.2, 0.25) is 0 Å². The van der Waals surface area contributed by atoms with Crippen molar-refractivity contribution in [2.24, 2.45) is 10.9 Å². The molecule has 2 atom stereocenters. The van der Waals surface area contributed by atoms with E-state index in [1.807, 2.05) is 13.1 Å². The minimum atomic E-state index is 0.256. The van der Waals surface area contributed by atoms with Gasteiger partial charge < -0.3 is 0 Å². The second-order valence-corrected chi connectivity index (χ2v) is 7.40. The fourth-order valence-electron chi connectivity index (χ4n) is 3.08. The van der Waals surface area contributed by atoms with Crippen LogP contribution < -0.4 is 0 Å². The van der Waals surface area contributed by atoms with E-state index in [0.717, 1.165) is 31.3 Å². The van der Waals surface area contributed by atoms with Crippen molar-refractivity contribution >= 4 is 6.21 Å². The Morgan fingerprint density at radius 3 is 2.88 bits per heavy atom. The Kier molecular flexibility index (Phi) is 6.79. The van der Waals surface area contributed by atoms with Crippen LogP contribution in [0.4, 0.5) is 0 Å². The van der Waals surface area contributed by atoms with E-state index in [0.29, 0.717) is 5.92 Å². The van der Waals surface area contributed by atoms with Crippen LogP contribution in [0, 0.1) is 5.92 Å². The van der Waals surface area contributed by atoms with E-state index < -0.39 is 0 Å². The van der Waals surface area contributed by atoms with E-state index >= 15 is 0 Å². The highest BCUT2D eigenvalue weighted by Gasteiger charge is 2.19. The van der Waals surface area contributed by atoms with Crippen molar-refractivity contribution in [3.63, 3.8) is 0 Å². The summed E-state index contributed by atoms with van der Waals surface area (Å²) in [5.41, 5.74) is 11.1. The van der Waals surface area contributed by atoms with E-state index in [1.165, 1.54) is 27.9 Å². The lowest BCUT2D eigenvalue weighted by Crippen LogP contribution is -2.13. The first-order chi connectivity index (χ1) is 11.9. The Labute approximate surface area is 153 Å². The smallest absolute Gasteiger partial charge is 0.0743 e. The Morgan fingerprint density at radius 1 is 1.40 bits per heavy atom. The molecule has 1 nitrogen and oxygen atoms in total.